The van der Waals surface area contributed by atoms with Crippen molar-refractivity contribution in [2.45, 2.75) is 58.5 Å². The Morgan fingerprint density at radius 2 is 1.52 bits per heavy atom. The van der Waals surface area contributed by atoms with Gasteiger partial charge in [0.2, 0.25) is 5.91 Å². The monoisotopic (exact) mass is 578 g/mol. The lowest BCUT2D eigenvalue weighted by Gasteiger charge is -2.27. The van der Waals surface area contributed by atoms with Gasteiger partial charge in [-0.3, -0.25) is 14.4 Å². The van der Waals surface area contributed by atoms with E-state index in [-0.39, 0.29) is 30.2 Å². The van der Waals surface area contributed by atoms with Crippen LogP contribution in [0.3, 0.4) is 0 Å². The number of hydrogen-bond donors (Lipinski definition) is 3. The van der Waals surface area contributed by atoms with Gasteiger partial charge in [0.25, 0.3) is 11.8 Å². The summed E-state index contributed by atoms with van der Waals surface area (Å²) in [5.74, 6) is -2.32. The van der Waals surface area contributed by atoms with E-state index in [0.717, 1.165) is 12.8 Å². The van der Waals surface area contributed by atoms with E-state index in [2.05, 4.69) is 10.6 Å². The second-order valence-electron chi connectivity index (χ2n) is 10.5. The molecule has 0 saturated carbocycles. The van der Waals surface area contributed by atoms with Crippen molar-refractivity contribution in [3.63, 3.8) is 0 Å². The molecule has 0 aliphatic carbocycles. The number of nitrogens with two attached hydrogens (primary N) is 1. The van der Waals surface area contributed by atoms with Crippen LogP contribution in [-0.2, 0) is 11.2 Å². The van der Waals surface area contributed by atoms with E-state index in [1.165, 1.54) is 30.3 Å². The Bertz CT molecular complexity index is 1340. The Hall–Kier alpha value is -4.11. The van der Waals surface area contributed by atoms with Crippen molar-refractivity contribution in [2.75, 3.05) is 18.4 Å². The number of hydrogen-bond acceptors (Lipinski definition) is 4. The van der Waals surface area contributed by atoms with Crippen LogP contribution in [0, 0.1) is 17.6 Å². The molecule has 3 aromatic rings. The smallest absolute Gasteiger partial charge is 0.253 e. The van der Waals surface area contributed by atoms with E-state index < -0.39 is 35.5 Å². The first-order valence-electron chi connectivity index (χ1n) is 14.4. The third kappa shape index (κ3) is 9.21. The van der Waals surface area contributed by atoms with Crippen LogP contribution in [0.1, 0.15) is 66.3 Å². The molecule has 9 heteroatoms. The minimum Gasteiger partial charge on any atom is -0.347 e. The van der Waals surface area contributed by atoms with Crippen molar-refractivity contribution in [1.82, 2.24) is 10.2 Å². The number of nitrogens with one attached hydrogen (secondary N) is 2. The fourth-order valence-electron chi connectivity index (χ4n) is 4.77. The van der Waals surface area contributed by atoms with Gasteiger partial charge in [-0.15, -0.1) is 0 Å². The summed E-state index contributed by atoms with van der Waals surface area (Å²) in [6.45, 7) is 6.96. The van der Waals surface area contributed by atoms with Crippen LogP contribution in [0.5, 0.6) is 0 Å². The van der Waals surface area contributed by atoms with Crippen LogP contribution in [0.2, 0.25) is 0 Å². The Morgan fingerprint density at radius 1 is 0.881 bits per heavy atom. The number of carbonyl (C=O) groups excluding carboxylic acids is 3. The lowest BCUT2D eigenvalue weighted by molar-refractivity contribution is -0.119. The maximum Gasteiger partial charge on any atom is 0.253 e. The minimum atomic E-state index is -0.716. The normalized spacial score (nSPS) is 13.1. The zero-order valence-corrected chi connectivity index (χ0v) is 24.4. The number of nitrogens with zero attached hydrogens (tertiary/aromatic N) is 1. The quantitative estimate of drug-likeness (QED) is 0.233. The zero-order valence-electron chi connectivity index (χ0n) is 24.4. The van der Waals surface area contributed by atoms with E-state index in [0.29, 0.717) is 29.9 Å². The second kappa shape index (κ2) is 15.8. The predicted molar refractivity (Wildman–Crippen MR) is 161 cm³/mol. The van der Waals surface area contributed by atoms with Gasteiger partial charge >= 0.3 is 0 Å². The van der Waals surface area contributed by atoms with E-state index in [1.807, 2.05) is 13.8 Å². The molecule has 0 heterocycles. The molecule has 42 heavy (non-hydrogen) atoms. The van der Waals surface area contributed by atoms with Crippen molar-refractivity contribution in [1.29, 1.82) is 0 Å². The van der Waals surface area contributed by atoms with Gasteiger partial charge in [-0.1, -0.05) is 45.0 Å². The van der Waals surface area contributed by atoms with E-state index >= 15 is 0 Å². The molecule has 0 aliphatic rings. The molecule has 0 fully saturated rings. The highest BCUT2D eigenvalue weighted by Crippen LogP contribution is 2.18. The molecule has 3 atom stereocenters. The highest BCUT2D eigenvalue weighted by molar-refractivity contribution is 5.99. The molecule has 0 bridgehead atoms. The zero-order chi connectivity index (χ0) is 30.6. The maximum absolute atomic E-state index is 14.6. The summed E-state index contributed by atoms with van der Waals surface area (Å²) < 4.78 is 27.8. The van der Waals surface area contributed by atoms with Gasteiger partial charge in [-0.05, 0) is 79.8 Å². The molecule has 3 rings (SSSR count). The van der Waals surface area contributed by atoms with Gasteiger partial charge in [0, 0.05) is 47.9 Å². The largest absolute Gasteiger partial charge is 0.347 e. The summed E-state index contributed by atoms with van der Waals surface area (Å²) in [6, 6.07) is 16.8. The first-order valence-corrected chi connectivity index (χ1v) is 14.4. The third-order valence-corrected chi connectivity index (χ3v) is 7.06. The Labute approximate surface area is 246 Å². The van der Waals surface area contributed by atoms with Gasteiger partial charge in [0.1, 0.15) is 11.6 Å². The van der Waals surface area contributed by atoms with Gasteiger partial charge in [0.05, 0.1) is 0 Å². The summed E-state index contributed by atoms with van der Waals surface area (Å²) in [4.78, 5) is 41.1. The maximum atomic E-state index is 14.6. The Kier molecular flexibility index (Phi) is 12.2. The number of rotatable bonds is 14. The lowest BCUT2D eigenvalue weighted by atomic mass is 9.91. The Balaban J connectivity index is 1.77. The molecule has 3 amide bonds. The second-order valence-corrected chi connectivity index (χ2v) is 10.5. The number of carbonyl (C=O) groups is 3. The minimum absolute atomic E-state index is 0.102. The summed E-state index contributed by atoms with van der Waals surface area (Å²) >= 11 is 0. The molecule has 0 unspecified atom stereocenters. The van der Waals surface area contributed by atoms with Crippen molar-refractivity contribution >= 4 is 23.4 Å². The molecule has 7 nitrogen and oxygen atoms in total. The molecule has 0 radical (unpaired) electrons. The molecule has 224 valence electrons. The fourth-order valence-corrected chi connectivity index (χ4v) is 4.77. The molecule has 4 N–H and O–H groups in total. The van der Waals surface area contributed by atoms with Crippen LogP contribution in [-0.4, -0.2) is 47.8 Å². The van der Waals surface area contributed by atoms with Crippen LogP contribution < -0.4 is 16.4 Å². The van der Waals surface area contributed by atoms with Crippen LogP contribution in [0.25, 0.3) is 0 Å². The summed E-state index contributed by atoms with van der Waals surface area (Å²) in [5.41, 5.74) is 8.06. The van der Waals surface area contributed by atoms with Crippen molar-refractivity contribution in [3.05, 3.63) is 101 Å². The van der Waals surface area contributed by atoms with Gasteiger partial charge in [-0.2, -0.15) is 0 Å². The fraction of sp³-hybridized carbons (Fsp3) is 0.364. The SMILES string of the molecule is CCCN(CCC)C(=O)c1cccc(C(=O)N[C@@H](Cc2ccccc2F)[C@@H](N)C[C@@H](C)C(=O)Nc2ccc(F)cc2)c1. The summed E-state index contributed by atoms with van der Waals surface area (Å²) in [5, 5.41) is 5.66. The van der Waals surface area contributed by atoms with Crippen molar-refractivity contribution in [2.24, 2.45) is 11.7 Å². The predicted octanol–water partition coefficient (Wildman–Crippen LogP) is 5.56. The molecule has 0 spiro atoms. The lowest BCUT2D eigenvalue weighted by Crippen LogP contribution is -2.50. The average Bonchev–Trinajstić information content (AvgIpc) is 2.98. The number of anilines is 1. The number of amides is 3. The molecular weight excluding hydrogens is 538 g/mol. The van der Waals surface area contributed by atoms with E-state index in [4.69, 9.17) is 5.73 Å². The van der Waals surface area contributed by atoms with Gasteiger partial charge in [0.15, 0.2) is 0 Å². The van der Waals surface area contributed by atoms with Gasteiger partial charge in [-0.25, -0.2) is 8.78 Å². The highest BCUT2D eigenvalue weighted by atomic mass is 19.1. The van der Waals surface area contributed by atoms with E-state index in [1.54, 1.807) is 54.3 Å². The van der Waals surface area contributed by atoms with Crippen LogP contribution in [0.15, 0.2) is 72.8 Å². The molecule has 0 saturated heterocycles. The standard InChI is InChI=1S/C33H40F2N4O3/c1-4-17-39(18-5-2)33(42)25-11-8-10-24(20-25)32(41)38-30(21-23-9-6-7-12-28(23)35)29(36)19-22(3)31(40)37-27-15-13-26(34)14-16-27/h6-16,20,22,29-30H,4-5,17-19,21,36H2,1-3H3,(H,37,40)(H,38,41)/t22-,29+,30+/m1/s1. The van der Waals surface area contributed by atoms with Crippen LogP contribution in [0.4, 0.5) is 14.5 Å². The first kappa shape index (κ1) is 32.4. The highest BCUT2D eigenvalue weighted by Gasteiger charge is 2.27. The molecular formula is C33H40F2N4O3. The van der Waals surface area contributed by atoms with Gasteiger partial charge < -0.3 is 21.3 Å². The third-order valence-electron chi connectivity index (χ3n) is 7.06. The summed E-state index contributed by atoms with van der Waals surface area (Å²) in [6.07, 6.45) is 1.93. The molecule has 0 aromatic heterocycles. The number of halogens is 2. The van der Waals surface area contributed by atoms with Crippen molar-refractivity contribution < 1.29 is 23.2 Å². The average molecular weight is 579 g/mol. The molecule has 3 aromatic carbocycles. The topological polar surface area (TPSA) is 105 Å². The molecule has 0 aliphatic heterocycles. The Morgan fingerprint density at radius 3 is 2.17 bits per heavy atom. The van der Waals surface area contributed by atoms with Crippen molar-refractivity contribution in [3.8, 4) is 0 Å². The first-order chi connectivity index (χ1) is 20.1. The van der Waals surface area contributed by atoms with E-state index in [9.17, 15) is 23.2 Å². The number of benzene rings is 3. The summed E-state index contributed by atoms with van der Waals surface area (Å²) in [7, 11) is 0. The van der Waals surface area contributed by atoms with Crippen LogP contribution >= 0.6 is 0 Å².